The van der Waals surface area contributed by atoms with Crippen molar-refractivity contribution in [3.63, 3.8) is 0 Å². The van der Waals surface area contributed by atoms with Gasteiger partial charge < -0.3 is 5.32 Å². The molecule has 28 heavy (non-hydrogen) atoms. The van der Waals surface area contributed by atoms with Crippen LogP contribution >= 0.6 is 0 Å². The molecule has 1 N–H and O–H groups in total. The Morgan fingerprint density at radius 1 is 1.11 bits per heavy atom. The molecule has 9 heteroatoms. The number of aromatic nitrogens is 4. The standard InChI is InChI=1S/C19H21F3N6/c1-13-3-2-10-27(11-13)12-14-4-6-15(7-5-14)23-16-8-9-17-24-25-18(19(20,21)22)28(17)26-16/h4-9,13H,2-3,10-12H2,1H3,(H,23,26)/t13-/m1/s1. The molecule has 3 aromatic rings. The summed E-state index contributed by atoms with van der Waals surface area (Å²) in [6, 6.07) is 10.9. The van der Waals surface area contributed by atoms with Crippen LogP contribution in [0.1, 0.15) is 31.2 Å². The number of likely N-dealkylation sites (tertiary alicyclic amines) is 1. The maximum Gasteiger partial charge on any atom is 0.453 e. The molecule has 148 valence electrons. The fraction of sp³-hybridized carbons (Fsp3) is 0.421. The lowest BCUT2D eigenvalue weighted by Crippen LogP contribution is -2.33. The number of nitrogens with one attached hydrogen (secondary N) is 1. The first-order valence-corrected chi connectivity index (χ1v) is 9.26. The molecule has 0 bridgehead atoms. The van der Waals surface area contributed by atoms with Gasteiger partial charge in [0, 0.05) is 18.8 Å². The summed E-state index contributed by atoms with van der Waals surface area (Å²) >= 11 is 0. The summed E-state index contributed by atoms with van der Waals surface area (Å²) in [5.74, 6) is -0.123. The molecule has 1 aromatic carbocycles. The first-order chi connectivity index (χ1) is 13.4. The number of anilines is 2. The van der Waals surface area contributed by atoms with Crippen molar-refractivity contribution >= 4 is 17.2 Å². The van der Waals surface area contributed by atoms with Crippen molar-refractivity contribution in [3.8, 4) is 0 Å². The Labute approximate surface area is 160 Å². The Morgan fingerprint density at radius 3 is 2.61 bits per heavy atom. The van der Waals surface area contributed by atoms with Crippen LogP contribution in [-0.4, -0.2) is 37.8 Å². The number of alkyl halides is 3. The third-order valence-electron chi connectivity index (χ3n) is 4.89. The summed E-state index contributed by atoms with van der Waals surface area (Å²) < 4.78 is 39.7. The zero-order valence-electron chi connectivity index (χ0n) is 15.4. The predicted octanol–water partition coefficient (Wildman–Crippen LogP) is 4.12. The highest BCUT2D eigenvalue weighted by Crippen LogP contribution is 2.28. The lowest BCUT2D eigenvalue weighted by Gasteiger charge is -2.30. The smallest absolute Gasteiger partial charge is 0.339 e. The van der Waals surface area contributed by atoms with Crippen LogP contribution in [0.4, 0.5) is 24.7 Å². The largest absolute Gasteiger partial charge is 0.453 e. The summed E-state index contributed by atoms with van der Waals surface area (Å²) in [6.07, 6.45) is -2.09. The topological polar surface area (TPSA) is 58.3 Å². The van der Waals surface area contributed by atoms with Gasteiger partial charge in [-0.1, -0.05) is 19.1 Å². The van der Waals surface area contributed by atoms with E-state index in [-0.39, 0.29) is 11.5 Å². The van der Waals surface area contributed by atoms with Gasteiger partial charge in [-0.05, 0) is 55.1 Å². The molecule has 0 aliphatic carbocycles. The minimum absolute atomic E-state index is 0.0454. The van der Waals surface area contributed by atoms with Gasteiger partial charge in [0.2, 0.25) is 0 Å². The van der Waals surface area contributed by atoms with E-state index in [2.05, 4.69) is 32.4 Å². The molecule has 0 radical (unpaired) electrons. The highest BCUT2D eigenvalue weighted by Gasteiger charge is 2.37. The molecule has 0 saturated carbocycles. The van der Waals surface area contributed by atoms with Crippen molar-refractivity contribution in [3.05, 3.63) is 47.8 Å². The van der Waals surface area contributed by atoms with Gasteiger partial charge in [0.05, 0.1) is 0 Å². The van der Waals surface area contributed by atoms with Gasteiger partial charge >= 0.3 is 6.18 Å². The van der Waals surface area contributed by atoms with Gasteiger partial charge in [-0.25, -0.2) is 0 Å². The first kappa shape index (κ1) is 18.7. The molecule has 4 rings (SSSR count). The maximum atomic E-state index is 13.0. The van der Waals surface area contributed by atoms with Crippen LogP contribution in [0.25, 0.3) is 5.65 Å². The number of piperidine rings is 1. The zero-order chi connectivity index (χ0) is 19.7. The van der Waals surface area contributed by atoms with E-state index in [1.807, 2.05) is 24.3 Å². The summed E-state index contributed by atoms with van der Waals surface area (Å²) in [5, 5.41) is 13.7. The number of halogens is 3. The molecule has 6 nitrogen and oxygen atoms in total. The van der Waals surface area contributed by atoms with Crippen molar-refractivity contribution in [1.29, 1.82) is 0 Å². The second-order valence-electron chi connectivity index (χ2n) is 7.31. The number of nitrogens with zero attached hydrogens (tertiary/aromatic N) is 5. The zero-order valence-corrected chi connectivity index (χ0v) is 15.4. The monoisotopic (exact) mass is 390 g/mol. The number of hydrogen-bond donors (Lipinski definition) is 1. The molecular formula is C19H21F3N6. The van der Waals surface area contributed by atoms with Gasteiger partial charge in [-0.15, -0.1) is 15.3 Å². The molecule has 0 spiro atoms. The third-order valence-corrected chi connectivity index (χ3v) is 4.89. The minimum Gasteiger partial charge on any atom is -0.339 e. The maximum absolute atomic E-state index is 13.0. The predicted molar refractivity (Wildman–Crippen MR) is 99.2 cm³/mol. The number of fused-ring (bicyclic) bond motifs is 1. The molecule has 1 atom stereocenters. The van der Waals surface area contributed by atoms with Crippen molar-refractivity contribution in [1.82, 2.24) is 24.7 Å². The van der Waals surface area contributed by atoms with Crippen LogP contribution in [-0.2, 0) is 12.7 Å². The normalized spacial score (nSPS) is 18.5. The van der Waals surface area contributed by atoms with E-state index < -0.39 is 12.0 Å². The Morgan fingerprint density at radius 2 is 1.89 bits per heavy atom. The van der Waals surface area contributed by atoms with Crippen molar-refractivity contribution in [2.24, 2.45) is 5.92 Å². The molecule has 0 unspecified atom stereocenters. The number of rotatable bonds is 4. The highest BCUT2D eigenvalue weighted by molar-refractivity contribution is 5.57. The van der Waals surface area contributed by atoms with E-state index in [1.54, 1.807) is 6.07 Å². The van der Waals surface area contributed by atoms with E-state index in [0.29, 0.717) is 4.52 Å². The van der Waals surface area contributed by atoms with E-state index in [0.717, 1.165) is 31.2 Å². The highest BCUT2D eigenvalue weighted by atomic mass is 19.4. The molecule has 3 heterocycles. The molecule has 0 amide bonds. The summed E-state index contributed by atoms with van der Waals surface area (Å²) in [6.45, 7) is 5.42. The Balaban J connectivity index is 1.47. The van der Waals surface area contributed by atoms with Crippen LogP contribution in [0.5, 0.6) is 0 Å². The van der Waals surface area contributed by atoms with Gasteiger partial charge in [0.15, 0.2) is 11.5 Å². The van der Waals surface area contributed by atoms with E-state index >= 15 is 0 Å². The van der Waals surface area contributed by atoms with Gasteiger partial charge in [-0.3, -0.25) is 4.90 Å². The molecule has 2 aromatic heterocycles. The van der Waals surface area contributed by atoms with Gasteiger partial charge in [0.25, 0.3) is 5.82 Å². The van der Waals surface area contributed by atoms with Gasteiger partial charge in [-0.2, -0.15) is 17.7 Å². The van der Waals surface area contributed by atoms with Crippen LogP contribution < -0.4 is 5.32 Å². The summed E-state index contributed by atoms with van der Waals surface area (Å²) in [4.78, 5) is 2.46. The average Bonchev–Trinajstić information content (AvgIpc) is 3.07. The number of hydrogen-bond acceptors (Lipinski definition) is 5. The second-order valence-corrected chi connectivity index (χ2v) is 7.31. The Kier molecular flexibility index (Phi) is 4.92. The fourth-order valence-electron chi connectivity index (χ4n) is 3.56. The van der Waals surface area contributed by atoms with Gasteiger partial charge in [0.1, 0.15) is 0 Å². The van der Waals surface area contributed by atoms with Crippen LogP contribution in [0, 0.1) is 5.92 Å². The fourth-order valence-corrected chi connectivity index (χ4v) is 3.56. The van der Waals surface area contributed by atoms with Crippen LogP contribution in [0.15, 0.2) is 36.4 Å². The molecule has 1 saturated heterocycles. The lowest BCUT2D eigenvalue weighted by atomic mass is 10.00. The van der Waals surface area contributed by atoms with Crippen LogP contribution in [0.2, 0.25) is 0 Å². The molecular weight excluding hydrogens is 369 g/mol. The number of benzene rings is 1. The third kappa shape index (κ3) is 4.09. The summed E-state index contributed by atoms with van der Waals surface area (Å²) in [5.41, 5.74) is 2.01. The second kappa shape index (κ2) is 7.38. The van der Waals surface area contributed by atoms with Crippen LogP contribution in [0.3, 0.4) is 0 Å². The molecule has 1 fully saturated rings. The average molecular weight is 390 g/mol. The summed E-state index contributed by atoms with van der Waals surface area (Å²) in [7, 11) is 0. The molecule has 1 aliphatic rings. The first-order valence-electron chi connectivity index (χ1n) is 9.26. The van der Waals surface area contributed by atoms with E-state index in [9.17, 15) is 13.2 Å². The van der Waals surface area contributed by atoms with Crippen molar-refractivity contribution < 1.29 is 13.2 Å². The Bertz CT molecular complexity index is 950. The SMILES string of the molecule is C[C@@H]1CCCN(Cc2ccc(Nc3ccc4nnc(C(F)(F)F)n4n3)cc2)C1. The Hall–Kier alpha value is -2.68. The van der Waals surface area contributed by atoms with Crippen molar-refractivity contribution in [2.75, 3.05) is 18.4 Å². The molecule has 1 aliphatic heterocycles. The lowest BCUT2D eigenvalue weighted by molar-refractivity contribution is -0.146. The van der Waals surface area contributed by atoms with Crippen molar-refractivity contribution in [2.45, 2.75) is 32.5 Å². The minimum atomic E-state index is -4.61. The van der Waals surface area contributed by atoms with E-state index in [1.165, 1.54) is 24.5 Å². The van der Waals surface area contributed by atoms with E-state index in [4.69, 9.17) is 0 Å². The quantitative estimate of drug-likeness (QED) is 0.726.